The van der Waals surface area contributed by atoms with E-state index >= 15 is 0 Å². The van der Waals surface area contributed by atoms with Crippen LogP contribution < -0.4 is 10.1 Å². The maximum atomic E-state index is 14.6. The van der Waals surface area contributed by atoms with Gasteiger partial charge >= 0.3 is 0 Å². The summed E-state index contributed by atoms with van der Waals surface area (Å²) in [6.07, 6.45) is 12.0. The van der Waals surface area contributed by atoms with Crippen molar-refractivity contribution in [1.29, 1.82) is 0 Å². The molecule has 0 bridgehead atoms. The minimum Gasteiger partial charge on any atom is -0.496 e. The Morgan fingerprint density at radius 1 is 1.00 bits per heavy atom. The zero-order valence-electron chi connectivity index (χ0n) is 21.9. The van der Waals surface area contributed by atoms with E-state index in [9.17, 15) is 4.79 Å². The molecule has 0 aromatic heterocycles. The highest BCUT2D eigenvalue weighted by molar-refractivity contribution is 5.82. The first kappa shape index (κ1) is 24.0. The minimum absolute atomic E-state index is 0.0167. The first-order valence-electron chi connectivity index (χ1n) is 14.4. The highest BCUT2D eigenvalue weighted by Crippen LogP contribution is 2.49. The standard InChI is InChI=1S/C32H42N2O2/c1-36-30-16-8-15-27-26(30)14-9-18-32(27)22-33-21-28(32)31(35)34-19-17-25(23-10-4-2-5-11-23)20-29(34)24-12-6-3-7-13-24/h2,4-5,8,10-11,15-16,24-25,28-29,33H,3,6-7,9,12-14,17-22H2,1H3/t25-,28+,29+,32+/m1/s1. The van der Waals surface area contributed by atoms with Gasteiger partial charge in [-0.3, -0.25) is 4.79 Å². The van der Waals surface area contributed by atoms with Crippen LogP contribution >= 0.6 is 0 Å². The smallest absolute Gasteiger partial charge is 0.228 e. The van der Waals surface area contributed by atoms with E-state index in [1.165, 1.54) is 48.8 Å². The average Bonchev–Trinajstić information content (AvgIpc) is 3.37. The van der Waals surface area contributed by atoms with Crippen molar-refractivity contribution in [3.63, 3.8) is 0 Å². The molecule has 0 unspecified atom stereocenters. The van der Waals surface area contributed by atoms with Crippen LogP contribution in [0.15, 0.2) is 48.5 Å². The SMILES string of the molecule is COc1cccc2c1CCC[C@]21CNC[C@H]1C(=O)N1CC[C@@H](c2ccccc2)C[C@H]1C1CCCCC1. The third-order valence-corrected chi connectivity index (χ3v) is 10.1. The van der Waals surface area contributed by atoms with Crippen molar-refractivity contribution in [2.24, 2.45) is 11.8 Å². The van der Waals surface area contributed by atoms with Gasteiger partial charge in [-0.05, 0) is 79.5 Å². The molecule has 4 nitrogen and oxygen atoms in total. The molecule has 6 rings (SSSR count). The molecular weight excluding hydrogens is 444 g/mol. The van der Waals surface area contributed by atoms with E-state index in [-0.39, 0.29) is 11.3 Å². The second-order valence-electron chi connectivity index (χ2n) is 11.8. The fraction of sp³-hybridized carbons (Fsp3) is 0.594. The van der Waals surface area contributed by atoms with Crippen LogP contribution in [0.25, 0.3) is 0 Å². The molecule has 2 heterocycles. The molecule has 36 heavy (non-hydrogen) atoms. The van der Waals surface area contributed by atoms with Crippen molar-refractivity contribution in [3.05, 3.63) is 65.2 Å². The summed E-state index contributed by atoms with van der Waals surface area (Å²) in [5.41, 5.74) is 4.05. The van der Waals surface area contributed by atoms with E-state index in [1.807, 2.05) is 0 Å². The highest BCUT2D eigenvalue weighted by Gasteiger charge is 2.52. The molecule has 2 aliphatic carbocycles. The van der Waals surface area contributed by atoms with Gasteiger partial charge in [-0.15, -0.1) is 0 Å². The molecular formula is C32H42N2O2. The van der Waals surface area contributed by atoms with Gasteiger partial charge in [0.25, 0.3) is 0 Å². The van der Waals surface area contributed by atoms with Crippen LogP contribution in [0.5, 0.6) is 5.75 Å². The quantitative estimate of drug-likeness (QED) is 0.590. The van der Waals surface area contributed by atoms with Crippen molar-refractivity contribution < 1.29 is 9.53 Å². The van der Waals surface area contributed by atoms with E-state index in [0.29, 0.717) is 23.8 Å². The number of ether oxygens (including phenoxy) is 1. The summed E-state index contributed by atoms with van der Waals surface area (Å²) in [4.78, 5) is 17.0. The van der Waals surface area contributed by atoms with Crippen molar-refractivity contribution in [1.82, 2.24) is 10.2 Å². The summed E-state index contributed by atoms with van der Waals surface area (Å²) < 4.78 is 5.76. The van der Waals surface area contributed by atoms with Gasteiger partial charge in [0.05, 0.1) is 13.0 Å². The second kappa shape index (κ2) is 10.2. The number of piperidine rings is 1. The maximum absolute atomic E-state index is 14.6. The number of nitrogens with one attached hydrogen (secondary N) is 1. The Hall–Kier alpha value is -2.33. The van der Waals surface area contributed by atoms with Crippen LogP contribution in [0, 0.1) is 11.8 Å². The second-order valence-corrected chi connectivity index (χ2v) is 11.8. The number of hydrogen-bond acceptors (Lipinski definition) is 3. The molecule has 3 fully saturated rings. The normalized spacial score (nSPS) is 30.8. The zero-order chi connectivity index (χ0) is 24.5. The Morgan fingerprint density at radius 3 is 2.64 bits per heavy atom. The molecule has 4 aliphatic rings. The van der Waals surface area contributed by atoms with Crippen LogP contribution in [-0.4, -0.2) is 43.6 Å². The first-order chi connectivity index (χ1) is 17.7. The number of likely N-dealkylation sites (tertiary alicyclic amines) is 1. The van der Waals surface area contributed by atoms with E-state index in [4.69, 9.17) is 4.74 Å². The molecule has 2 saturated heterocycles. The average molecular weight is 487 g/mol. The zero-order valence-corrected chi connectivity index (χ0v) is 21.9. The number of fused-ring (bicyclic) bond motifs is 2. The molecule has 192 valence electrons. The molecule has 1 spiro atoms. The summed E-state index contributed by atoms with van der Waals surface area (Å²) in [6, 6.07) is 17.9. The van der Waals surface area contributed by atoms with Crippen LogP contribution in [0.4, 0.5) is 0 Å². The van der Waals surface area contributed by atoms with Crippen LogP contribution in [0.2, 0.25) is 0 Å². The number of benzene rings is 2. The number of amides is 1. The maximum Gasteiger partial charge on any atom is 0.228 e. The summed E-state index contributed by atoms with van der Waals surface area (Å²) in [7, 11) is 1.78. The highest BCUT2D eigenvalue weighted by atomic mass is 16.5. The van der Waals surface area contributed by atoms with Crippen molar-refractivity contribution in [3.8, 4) is 5.75 Å². The minimum atomic E-state index is -0.105. The van der Waals surface area contributed by atoms with Crippen LogP contribution in [0.1, 0.15) is 80.4 Å². The fourth-order valence-electron chi connectivity index (χ4n) is 8.29. The molecule has 1 N–H and O–H groups in total. The Morgan fingerprint density at radius 2 is 1.83 bits per heavy atom. The van der Waals surface area contributed by atoms with E-state index in [1.54, 1.807) is 7.11 Å². The van der Waals surface area contributed by atoms with Gasteiger partial charge in [-0.1, -0.05) is 61.7 Å². The predicted octanol–water partition coefficient (Wildman–Crippen LogP) is 5.84. The summed E-state index contributed by atoms with van der Waals surface area (Å²) in [6.45, 7) is 2.60. The van der Waals surface area contributed by atoms with Gasteiger partial charge in [-0.25, -0.2) is 0 Å². The third kappa shape index (κ3) is 4.16. The van der Waals surface area contributed by atoms with E-state index in [0.717, 1.165) is 57.5 Å². The molecule has 2 aromatic rings. The topological polar surface area (TPSA) is 41.6 Å². The third-order valence-electron chi connectivity index (χ3n) is 10.1. The molecule has 2 aliphatic heterocycles. The fourth-order valence-corrected chi connectivity index (χ4v) is 8.29. The molecule has 1 saturated carbocycles. The lowest BCUT2D eigenvalue weighted by atomic mass is 9.63. The molecule has 4 heteroatoms. The van der Waals surface area contributed by atoms with Gasteiger partial charge in [0, 0.05) is 31.1 Å². The molecule has 1 amide bonds. The summed E-state index contributed by atoms with van der Waals surface area (Å²) in [5, 5.41) is 3.67. The van der Waals surface area contributed by atoms with Gasteiger partial charge < -0.3 is 15.0 Å². The van der Waals surface area contributed by atoms with Crippen LogP contribution in [0.3, 0.4) is 0 Å². The number of methoxy groups -OCH3 is 1. The first-order valence-corrected chi connectivity index (χ1v) is 14.4. The lowest BCUT2D eigenvalue weighted by molar-refractivity contribution is -0.143. The lowest BCUT2D eigenvalue weighted by Gasteiger charge is -2.48. The molecule has 0 radical (unpaired) electrons. The number of nitrogens with zero attached hydrogens (tertiary/aromatic N) is 1. The largest absolute Gasteiger partial charge is 0.496 e. The molecule has 4 atom stereocenters. The Labute approximate surface area is 216 Å². The summed E-state index contributed by atoms with van der Waals surface area (Å²) >= 11 is 0. The van der Waals surface area contributed by atoms with E-state index < -0.39 is 0 Å². The number of rotatable bonds is 4. The summed E-state index contributed by atoms with van der Waals surface area (Å²) in [5.74, 6) is 2.64. The Bertz CT molecular complexity index is 1060. The lowest BCUT2D eigenvalue weighted by Crippen LogP contribution is -2.55. The number of carbonyl (C=O) groups excluding carboxylic acids is 1. The number of carbonyl (C=O) groups is 1. The van der Waals surface area contributed by atoms with Gasteiger partial charge in [0.1, 0.15) is 5.75 Å². The monoisotopic (exact) mass is 486 g/mol. The van der Waals surface area contributed by atoms with Gasteiger partial charge in [-0.2, -0.15) is 0 Å². The van der Waals surface area contributed by atoms with E-state index in [2.05, 4.69) is 58.7 Å². The van der Waals surface area contributed by atoms with Crippen molar-refractivity contribution in [2.45, 2.75) is 81.6 Å². The van der Waals surface area contributed by atoms with Crippen molar-refractivity contribution in [2.75, 3.05) is 26.7 Å². The van der Waals surface area contributed by atoms with Gasteiger partial charge in [0.15, 0.2) is 0 Å². The van der Waals surface area contributed by atoms with Crippen molar-refractivity contribution >= 4 is 5.91 Å². The van der Waals surface area contributed by atoms with Crippen LogP contribution in [-0.2, 0) is 16.6 Å². The van der Waals surface area contributed by atoms with Gasteiger partial charge in [0.2, 0.25) is 5.91 Å². The Kier molecular flexibility index (Phi) is 6.81. The molecule has 2 aromatic carbocycles. The Balaban J connectivity index is 1.31. The number of hydrogen-bond donors (Lipinski definition) is 1. The predicted molar refractivity (Wildman–Crippen MR) is 144 cm³/mol.